The molecule has 7 heteroatoms. The number of piperidine rings is 1. The van der Waals surface area contributed by atoms with Gasteiger partial charge < -0.3 is 20.8 Å². The van der Waals surface area contributed by atoms with Crippen molar-refractivity contribution in [3.8, 4) is 5.75 Å². The number of nitrogens with one attached hydrogen (secondary N) is 2. The molecule has 0 aromatic heterocycles. The second-order valence-electron chi connectivity index (χ2n) is 11.3. The van der Waals surface area contributed by atoms with E-state index in [4.69, 9.17) is 0 Å². The highest BCUT2D eigenvalue weighted by molar-refractivity contribution is 5.96. The summed E-state index contributed by atoms with van der Waals surface area (Å²) in [5, 5.41) is 27.2. The van der Waals surface area contributed by atoms with E-state index in [1.807, 2.05) is 27.7 Å². The Balaban J connectivity index is 1.72. The molecule has 1 saturated heterocycles. The van der Waals surface area contributed by atoms with Crippen LogP contribution in [0.15, 0.2) is 18.2 Å². The molecule has 5 atom stereocenters. The van der Waals surface area contributed by atoms with Gasteiger partial charge in [-0.25, -0.2) is 0 Å². The number of β-amino-alcohol motifs (C(OH)–C–C–N with tert-alkyl or cyclic N) is 1. The number of hydrogen-bond acceptors (Lipinski definition) is 5. The van der Waals surface area contributed by atoms with Crippen molar-refractivity contribution >= 4 is 11.8 Å². The van der Waals surface area contributed by atoms with Crippen LogP contribution in [0.5, 0.6) is 5.75 Å². The fourth-order valence-corrected chi connectivity index (χ4v) is 5.58. The zero-order valence-electron chi connectivity index (χ0n) is 21.4. The summed E-state index contributed by atoms with van der Waals surface area (Å²) in [6.45, 7) is 10.7. The zero-order chi connectivity index (χ0) is 25.0. The number of fused-ring (bicyclic) bond motifs is 1. The van der Waals surface area contributed by atoms with Gasteiger partial charge in [-0.1, -0.05) is 32.3 Å². The summed E-state index contributed by atoms with van der Waals surface area (Å²) in [5.41, 5.74) is 0.600. The Bertz CT molecular complexity index is 866. The van der Waals surface area contributed by atoms with Crippen LogP contribution in [-0.4, -0.2) is 63.7 Å². The fraction of sp³-hybridized carbons (Fsp3) is 0.704. The maximum atomic E-state index is 13.2. The van der Waals surface area contributed by atoms with Gasteiger partial charge in [0, 0.05) is 29.8 Å². The third-order valence-electron chi connectivity index (χ3n) is 7.50. The first-order valence-corrected chi connectivity index (χ1v) is 12.8. The normalized spacial score (nSPS) is 25.2. The smallest absolute Gasteiger partial charge is 0.251 e. The van der Waals surface area contributed by atoms with Gasteiger partial charge in [-0.2, -0.15) is 0 Å². The van der Waals surface area contributed by atoms with Crippen molar-refractivity contribution in [2.75, 3.05) is 13.1 Å². The van der Waals surface area contributed by atoms with Crippen LogP contribution in [0, 0.1) is 18.8 Å². The summed E-state index contributed by atoms with van der Waals surface area (Å²) in [5.74, 6) is 0.908. The van der Waals surface area contributed by atoms with Crippen molar-refractivity contribution < 1.29 is 19.8 Å². The third-order valence-corrected chi connectivity index (χ3v) is 7.50. The number of rotatable bonds is 7. The second-order valence-corrected chi connectivity index (χ2v) is 11.3. The lowest BCUT2D eigenvalue weighted by Gasteiger charge is -2.47. The van der Waals surface area contributed by atoms with Crippen molar-refractivity contribution in [3.05, 3.63) is 29.3 Å². The van der Waals surface area contributed by atoms with Crippen LogP contribution < -0.4 is 10.6 Å². The Morgan fingerprint density at radius 1 is 1.18 bits per heavy atom. The Morgan fingerprint density at radius 3 is 2.50 bits per heavy atom. The SMILES string of the molecule is CC[C@H](NC(=O)c1cccc(O)c1C)[C@H](O)CN1C[C@H]2CCCC[C@H]2C[C@H]1C(=O)NC(C)(C)C. The molecule has 34 heavy (non-hydrogen) atoms. The first-order chi connectivity index (χ1) is 16.0. The van der Waals surface area contributed by atoms with Crippen molar-refractivity contribution in [2.45, 2.75) is 96.9 Å². The Hall–Kier alpha value is -2.12. The third kappa shape index (κ3) is 6.51. The summed E-state index contributed by atoms with van der Waals surface area (Å²) in [7, 11) is 0. The van der Waals surface area contributed by atoms with E-state index in [1.165, 1.54) is 25.7 Å². The molecule has 2 aliphatic rings. The van der Waals surface area contributed by atoms with Gasteiger partial charge in [0.1, 0.15) is 5.75 Å². The first kappa shape index (κ1) is 26.5. The van der Waals surface area contributed by atoms with E-state index >= 15 is 0 Å². The molecule has 7 nitrogen and oxygen atoms in total. The molecule has 1 aliphatic heterocycles. The van der Waals surface area contributed by atoms with Crippen molar-refractivity contribution in [3.63, 3.8) is 0 Å². The monoisotopic (exact) mass is 473 g/mol. The average molecular weight is 474 g/mol. The Kier molecular flexibility index (Phi) is 8.63. The van der Waals surface area contributed by atoms with Gasteiger partial charge in [0.25, 0.3) is 5.91 Å². The summed E-state index contributed by atoms with van der Waals surface area (Å²) in [4.78, 5) is 28.3. The highest BCUT2D eigenvalue weighted by Crippen LogP contribution is 2.39. The quantitative estimate of drug-likeness (QED) is 0.486. The number of phenolic OH excluding ortho intramolecular Hbond substituents is 1. The molecule has 0 unspecified atom stereocenters. The number of benzene rings is 1. The molecule has 4 N–H and O–H groups in total. The minimum absolute atomic E-state index is 0.0243. The molecule has 1 saturated carbocycles. The van der Waals surface area contributed by atoms with E-state index in [1.54, 1.807) is 25.1 Å². The fourth-order valence-electron chi connectivity index (χ4n) is 5.58. The summed E-state index contributed by atoms with van der Waals surface area (Å²) < 4.78 is 0. The van der Waals surface area contributed by atoms with E-state index in [0.29, 0.717) is 35.9 Å². The molecule has 1 aromatic carbocycles. The average Bonchev–Trinajstić information content (AvgIpc) is 2.77. The van der Waals surface area contributed by atoms with E-state index < -0.39 is 12.1 Å². The second kappa shape index (κ2) is 11.1. The zero-order valence-corrected chi connectivity index (χ0v) is 21.4. The van der Waals surface area contributed by atoms with Gasteiger partial charge in [-0.3, -0.25) is 14.5 Å². The number of carbonyl (C=O) groups is 2. The molecule has 2 amide bonds. The van der Waals surface area contributed by atoms with Crippen LogP contribution in [-0.2, 0) is 4.79 Å². The lowest BCUT2D eigenvalue weighted by Crippen LogP contribution is -2.60. The molecule has 0 spiro atoms. The minimum atomic E-state index is -0.809. The Morgan fingerprint density at radius 2 is 1.85 bits per heavy atom. The van der Waals surface area contributed by atoms with Gasteiger partial charge in [0.15, 0.2) is 0 Å². The molecular weight excluding hydrogens is 430 g/mol. The number of nitrogens with zero attached hydrogens (tertiary/aromatic N) is 1. The van der Waals surface area contributed by atoms with Gasteiger partial charge >= 0.3 is 0 Å². The van der Waals surface area contributed by atoms with Crippen molar-refractivity contribution in [2.24, 2.45) is 11.8 Å². The van der Waals surface area contributed by atoms with Crippen LogP contribution in [0.3, 0.4) is 0 Å². The summed E-state index contributed by atoms with van der Waals surface area (Å²) in [6.07, 6.45) is 5.39. The van der Waals surface area contributed by atoms with Crippen LogP contribution in [0.2, 0.25) is 0 Å². The number of amides is 2. The largest absolute Gasteiger partial charge is 0.508 e. The molecule has 0 bridgehead atoms. The van der Waals surface area contributed by atoms with Crippen LogP contribution >= 0.6 is 0 Å². The maximum Gasteiger partial charge on any atom is 0.251 e. The number of aromatic hydroxyl groups is 1. The summed E-state index contributed by atoms with van der Waals surface area (Å²) in [6, 6.07) is 4.14. The van der Waals surface area contributed by atoms with Gasteiger partial charge in [0.2, 0.25) is 5.91 Å². The lowest BCUT2D eigenvalue weighted by molar-refractivity contribution is -0.132. The molecule has 1 aliphatic carbocycles. The predicted molar refractivity (Wildman–Crippen MR) is 134 cm³/mol. The standard InChI is InChI=1S/C27H43N3O4/c1-6-21(28-25(33)20-12-9-13-23(31)17(20)2)24(32)16-30-15-19-11-8-7-10-18(19)14-22(30)26(34)29-27(3,4)5/h9,12-13,18-19,21-22,24,31-32H,6-8,10-11,14-16H2,1-5H3,(H,28,33)(H,29,34)/t18-,19+,21-,22-,24+/m0/s1. The molecule has 190 valence electrons. The number of likely N-dealkylation sites (tertiary alicyclic amines) is 1. The number of phenols is 1. The van der Waals surface area contributed by atoms with Gasteiger partial charge in [-0.05, 0) is 70.9 Å². The van der Waals surface area contributed by atoms with Gasteiger partial charge in [0.05, 0.1) is 18.2 Å². The minimum Gasteiger partial charge on any atom is -0.508 e. The maximum absolute atomic E-state index is 13.2. The topological polar surface area (TPSA) is 102 Å². The van der Waals surface area contributed by atoms with Gasteiger partial charge in [-0.15, -0.1) is 0 Å². The molecule has 2 fully saturated rings. The summed E-state index contributed by atoms with van der Waals surface area (Å²) >= 11 is 0. The van der Waals surface area contributed by atoms with E-state index in [2.05, 4.69) is 15.5 Å². The predicted octanol–water partition coefficient (Wildman–Crippen LogP) is 3.37. The van der Waals surface area contributed by atoms with E-state index in [9.17, 15) is 19.8 Å². The van der Waals surface area contributed by atoms with E-state index in [-0.39, 0.29) is 29.1 Å². The number of hydrogen-bond donors (Lipinski definition) is 4. The number of carbonyl (C=O) groups excluding carboxylic acids is 2. The highest BCUT2D eigenvalue weighted by atomic mass is 16.3. The highest BCUT2D eigenvalue weighted by Gasteiger charge is 2.41. The van der Waals surface area contributed by atoms with Crippen LogP contribution in [0.1, 0.15) is 82.1 Å². The van der Waals surface area contributed by atoms with Crippen molar-refractivity contribution in [1.29, 1.82) is 0 Å². The Labute approximate surface area is 204 Å². The van der Waals surface area contributed by atoms with Crippen molar-refractivity contribution in [1.82, 2.24) is 15.5 Å². The van der Waals surface area contributed by atoms with Crippen LogP contribution in [0.4, 0.5) is 0 Å². The molecule has 1 aromatic rings. The molecular formula is C27H43N3O4. The number of aliphatic hydroxyl groups is 1. The molecule has 1 heterocycles. The van der Waals surface area contributed by atoms with Crippen LogP contribution in [0.25, 0.3) is 0 Å². The van der Waals surface area contributed by atoms with E-state index in [0.717, 1.165) is 13.0 Å². The lowest BCUT2D eigenvalue weighted by atomic mass is 9.72. The number of aliphatic hydroxyl groups excluding tert-OH is 1. The first-order valence-electron chi connectivity index (χ1n) is 12.8. The molecule has 3 rings (SSSR count). The molecule has 0 radical (unpaired) electrons.